The molecule has 1 aromatic carbocycles. The Morgan fingerprint density at radius 1 is 0.767 bits per heavy atom. The van der Waals surface area contributed by atoms with Crippen molar-refractivity contribution in [3.63, 3.8) is 0 Å². The molecule has 14 heteroatoms. The number of allylic oxidation sites excluding steroid dienone is 2. The summed E-state index contributed by atoms with van der Waals surface area (Å²) in [5, 5.41) is 81.9. The average Bonchev–Trinajstić information content (AvgIpc) is 3.00. The fourth-order valence-corrected chi connectivity index (χ4v) is 5.45. The summed E-state index contributed by atoms with van der Waals surface area (Å²) >= 11 is 0. The Morgan fingerprint density at radius 3 is 1.67 bits per heavy atom. The quantitative estimate of drug-likeness (QED) is 0.114. The van der Waals surface area contributed by atoms with Crippen molar-refractivity contribution in [2.24, 2.45) is 0 Å². The highest BCUT2D eigenvalue weighted by molar-refractivity contribution is 5.92. The van der Waals surface area contributed by atoms with Crippen LogP contribution in [0.15, 0.2) is 47.1 Å². The van der Waals surface area contributed by atoms with Gasteiger partial charge in [-0.2, -0.15) is 0 Å². The van der Waals surface area contributed by atoms with Gasteiger partial charge in [0.15, 0.2) is 12.6 Å². The minimum Gasteiger partial charge on any atom is -0.466 e. The Bertz CT molecular complexity index is 1180. The van der Waals surface area contributed by atoms with E-state index in [1.165, 1.54) is 0 Å². The molecular formula is C29H40O14. The van der Waals surface area contributed by atoms with Gasteiger partial charge in [-0.05, 0) is 37.0 Å². The molecule has 0 bridgehead atoms. The van der Waals surface area contributed by atoms with E-state index in [-0.39, 0.29) is 12.0 Å². The first kappa shape index (κ1) is 33.6. The molecule has 2 fully saturated rings. The molecule has 1 aliphatic carbocycles. The highest BCUT2D eigenvalue weighted by atomic mass is 16.7. The fourth-order valence-electron chi connectivity index (χ4n) is 5.45. The first-order valence-electron chi connectivity index (χ1n) is 13.9. The molecule has 2 aliphatic heterocycles. The molecule has 1 aromatic rings. The van der Waals surface area contributed by atoms with Gasteiger partial charge in [0.2, 0.25) is 0 Å². The van der Waals surface area contributed by atoms with Crippen LogP contribution < -0.4 is 0 Å². The molecule has 4 rings (SSSR count). The number of ether oxygens (including phenoxy) is 5. The van der Waals surface area contributed by atoms with Gasteiger partial charge in [-0.1, -0.05) is 35.9 Å². The van der Waals surface area contributed by atoms with Crippen LogP contribution in [0.5, 0.6) is 0 Å². The van der Waals surface area contributed by atoms with E-state index < -0.39 is 92.8 Å². The number of hydrogen-bond acceptors (Lipinski definition) is 14. The molecule has 43 heavy (non-hydrogen) atoms. The lowest BCUT2D eigenvalue weighted by Gasteiger charge is -2.44. The number of carbonyl (C=O) groups excluding carboxylic acids is 1. The maximum Gasteiger partial charge on any atom is 0.336 e. The van der Waals surface area contributed by atoms with E-state index >= 15 is 0 Å². The lowest BCUT2D eigenvalue weighted by Crippen LogP contribution is -2.59. The van der Waals surface area contributed by atoms with Crippen molar-refractivity contribution in [2.75, 3.05) is 20.3 Å². The third-order valence-electron chi connectivity index (χ3n) is 7.86. The van der Waals surface area contributed by atoms with E-state index in [2.05, 4.69) is 0 Å². The summed E-state index contributed by atoms with van der Waals surface area (Å²) in [7, 11) is 1.16. The molecule has 2 heterocycles. The zero-order chi connectivity index (χ0) is 31.6. The number of rotatable bonds is 9. The number of esters is 1. The van der Waals surface area contributed by atoms with Gasteiger partial charge in [-0.3, -0.25) is 0 Å². The molecule has 12 atom stereocenters. The van der Waals surface area contributed by atoms with Crippen molar-refractivity contribution < 1.29 is 69.3 Å². The van der Waals surface area contributed by atoms with Crippen LogP contribution in [-0.2, 0) is 28.5 Å². The van der Waals surface area contributed by atoms with Crippen LogP contribution in [0.25, 0.3) is 0 Å². The maximum atomic E-state index is 13.4. The van der Waals surface area contributed by atoms with Gasteiger partial charge in [0.1, 0.15) is 61.0 Å². The second kappa shape index (κ2) is 14.2. The smallest absolute Gasteiger partial charge is 0.336 e. The molecule has 8 N–H and O–H groups in total. The lowest BCUT2D eigenvalue weighted by molar-refractivity contribution is -0.313. The first-order valence-corrected chi connectivity index (χ1v) is 13.9. The largest absolute Gasteiger partial charge is 0.466 e. The van der Waals surface area contributed by atoms with Gasteiger partial charge in [0, 0.05) is 0 Å². The Kier molecular flexibility index (Phi) is 11.1. The summed E-state index contributed by atoms with van der Waals surface area (Å²) < 4.78 is 28.7. The van der Waals surface area contributed by atoms with Crippen LogP contribution >= 0.6 is 0 Å². The van der Waals surface area contributed by atoms with Gasteiger partial charge in [-0.25, -0.2) is 4.79 Å². The maximum absolute atomic E-state index is 13.4. The second-order valence-corrected chi connectivity index (χ2v) is 11.0. The molecule has 0 radical (unpaired) electrons. The lowest BCUT2D eigenvalue weighted by atomic mass is 9.80. The molecule has 0 aromatic heterocycles. The normalized spacial score (nSPS) is 37.9. The molecule has 2 saturated heterocycles. The summed E-state index contributed by atoms with van der Waals surface area (Å²) in [4.78, 5) is 13.4. The van der Waals surface area contributed by atoms with Crippen LogP contribution in [0.2, 0.25) is 0 Å². The van der Waals surface area contributed by atoms with Gasteiger partial charge >= 0.3 is 5.97 Å². The molecule has 240 valence electrons. The van der Waals surface area contributed by atoms with Crippen molar-refractivity contribution in [1.82, 2.24) is 0 Å². The molecule has 14 nitrogen and oxygen atoms in total. The SMILES string of the molecule is COC(=O)C1=C(CC=C(C)C)[C@H](O[C@@H]2O[C@H](CO)[C@@H](O)[C@H](O)[C@H]2O)c2ccccc2[C@@H]1O[C@@H]1O[C@H](CO)[C@@H](O)[C@H](O)[C@H]1O. The Hall–Kier alpha value is -2.31. The standard InChI is InChI=1S/C29H40O14/c1-12(2)8-9-15-18(27(38)39-3)26(43-29-24(37)22(35)20(33)17(11-31)41-29)14-7-5-4-6-13(14)25(15)42-28-23(36)21(34)19(32)16(10-30)40-28/h4-8,16-17,19-26,28-37H,9-11H2,1-3H3/t16-,17-,19-,20-,21+,22+,23-,24-,25-,26+,28+,29+/m1/s1. The number of fused-ring (bicyclic) bond motifs is 1. The average molecular weight is 613 g/mol. The molecular weight excluding hydrogens is 572 g/mol. The third-order valence-corrected chi connectivity index (χ3v) is 7.86. The van der Waals surface area contributed by atoms with E-state index in [0.29, 0.717) is 16.7 Å². The number of aliphatic hydroxyl groups excluding tert-OH is 8. The van der Waals surface area contributed by atoms with E-state index in [1.807, 2.05) is 13.8 Å². The van der Waals surface area contributed by atoms with Crippen LogP contribution in [0.3, 0.4) is 0 Å². The van der Waals surface area contributed by atoms with E-state index in [9.17, 15) is 45.6 Å². The summed E-state index contributed by atoms with van der Waals surface area (Å²) in [6.07, 6.45) is -16.2. The van der Waals surface area contributed by atoms with Gasteiger partial charge < -0.3 is 64.5 Å². The van der Waals surface area contributed by atoms with Gasteiger partial charge in [0.05, 0.1) is 25.9 Å². The van der Waals surface area contributed by atoms with E-state index in [4.69, 9.17) is 23.7 Å². The molecule has 0 saturated carbocycles. The Balaban J connectivity index is 1.83. The highest BCUT2D eigenvalue weighted by Gasteiger charge is 2.49. The highest BCUT2D eigenvalue weighted by Crippen LogP contribution is 2.48. The van der Waals surface area contributed by atoms with Crippen LogP contribution in [0, 0.1) is 0 Å². The molecule has 3 aliphatic rings. The zero-order valence-electron chi connectivity index (χ0n) is 24.0. The number of hydrogen-bond donors (Lipinski definition) is 8. The first-order chi connectivity index (χ1) is 20.4. The predicted molar refractivity (Wildman–Crippen MR) is 145 cm³/mol. The van der Waals surface area contributed by atoms with Crippen molar-refractivity contribution in [1.29, 1.82) is 0 Å². The van der Waals surface area contributed by atoms with E-state index in [1.54, 1.807) is 30.3 Å². The Morgan fingerprint density at radius 2 is 1.23 bits per heavy atom. The number of benzene rings is 1. The van der Waals surface area contributed by atoms with Gasteiger partial charge in [-0.15, -0.1) is 0 Å². The predicted octanol–water partition coefficient (Wildman–Crippen LogP) is -1.76. The summed E-state index contributed by atoms with van der Waals surface area (Å²) in [6.45, 7) is 2.32. The van der Waals surface area contributed by atoms with Crippen molar-refractivity contribution in [2.45, 2.75) is 93.9 Å². The van der Waals surface area contributed by atoms with Crippen LogP contribution in [0.1, 0.15) is 43.6 Å². The summed E-state index contributed by atoms with van der Waals surface area (Å²) in [5.74, 6) is -0.830. The zero-order valence-corrected chi connectivity index (χ0v) is 24.0. The third kappa shape index (κ3) is 6.71. The topological polar surface area (TPSA) is 225 Å². The number of aliphatic hydroxyl groups is 8. The molecule has 0 spiro atoms. The van der Waals surface area contributed by atoms with Gasteiger partial charge in [0.25, 0.3) is 0 Å². The molecule has 0 amide bonds. The monoisotopic (exact) mass is 612 g/mol. The minimum absolute atomic E-state index is 0.0507. The Labute approximate surface area is 248 Å². The molecule has 0 unspecified atom stereocenters. The number of carbonyl (C=O) groups is 1. The summed E-state index contributed by atoms with van der Waals surface area (Å²) in [6, 6.07) is 6.64. The number of methoxy groups -OCH3 is 1. The van der Waals surface area contributed by atoms with E-state index in [0.717, 1.165) is 12.7 Å². The van der Waals surface area contributed by atoms with Crippen LogP contribution in [-0.4, -0.2) is 129 Å². The van der Waals surface area contributed by atoms with Crippen molar-refractivity contribution in [3.8, 4) is 0 Å². The fraction of sp³-hybridized carbons (Fsp3) is 0.621. The van der Waals surface area contributed by atoms with Crippen molar-refractivity contribution >= 4 is 5.97 Å². The van der Waals surface area contributed by atoms with Crippen molar-refractivity contribution in [3.05, 3.63) is 58.2 Å². The minimum atomic E-state index is -1.76. The van der Waals surface area contributed by atoms with Crippen LogP contribution in [0.4, 0.5) is 0 Å². The second-order valence-electron chi connectivity index (χ2n) is 11.0. The summed E-state index contributed by atoms with van der Waals surface area (Å²) in [5.41, 5.74) is 1.94.